The molecule has 0 radical (unpaired) electrons. The molecule has 1 saturated carbocycles. The number of carbonyl (C=O) groups excluding carboxylic acids is 1. The van der Waals surface area contributed by atoms with Gasteiger partial charge in [0.15, 0.2) is 0 Å². The van der Waals surface area contributed by atoms with Gasteiger partial charge >= 0.3 is 0 Å². The van der Waals surface area contributed by atoms with E-state index < -0.39 is 5.92 Å². The van der Waals surface area contributed by atoms with Crippen molar-refractivity contribution in [3.05, 3.63) is 0 Å². The van der Waals surface area contributed by atoms with Crippen LogP contribution in [0.5, 0.6) is 0 Å². The largest absolute Gasteiger partial charge is 0.355 e. The van der Waals surface area contributed by atoms with Crippen molar-refractivity contribution < 1.29 is 4.79 Å². The topological polar surface area (TPSA) is 52.9 Å². The van der Waals surface area contributed by atoms with Crippen molar-refractivity contribution in [3.63, 3.8) is 0 Å². The predicted molar refractivity (Wildman–Crippen MR) is 54.3 cm³/mol. The lowest BCUT2D eigenvalue weighted by Crippen LogP contribution is -2.31. The maximum absolute atomic E-state index is 11.5. The van der Waals surface area contributed by atoms with Crippen LogP contribution >= 0.6 is 0 Å². The Kier molecular flexibility index (Phi) is 3.94. The Morgan fingerprint density at radius 3 is 2.79 bits per heavy atom. The summed E-state index contributed by atoms with van der Waals surface area (Å²) in [6.45, 7) is 4.92. The Balaban J connectivity index is 2.22. The molecule has 1 N–H and O–H groups in total. The number of hydrogen-bond donors (Lipinski definition) is 1. The SMILES string of the molecule is CCCC(C#N)C(=O)NCC1CC1C. The number of nitrogens with one attached hydrogen (secondary N) is 1. The van der Waals surface area contributed by atoms with Gasteiger partial charge in [0.1, 0.15) is 5.92 Å². The summed E-state index contributed by atoms with van der Waals surface area (Å²) < 4.78 is 0. The first-order chi connectivity index (χ1) is 6.69. The molecule has 0 saturated heterocycles. The number of nitrogens with zero attached hydrogens (tertiary/aromatic N) is 1. The number of hydrogen-bond acceptors (Lipinski definition) is 2. The van der Waals surface area contributed by atoms with E-state index in [0.717, 1.165) is 18.9 Å². The summed E-state index contributed by atoms with van der Waals surface area (Å²) in [5.41, 5.74) is 0. The minimum absolute atomic E-state index is 0.0894. The molecule has 78 valence electrons. The molecule has 0 aromatic heterocycles. The van der Waals surface area contributed by atoms with Gasteiger partial charge in [-0.3, -0.25) is 4.79 Å². The summed E-state index contributed by atoms with van der Waals surface area (Å²) >= 11 is 0. The van der Waals surface area contributed by atoms with Gasteiger partial charge in [-0.05, 0) is 24.7 Å². The first-order valence-corrected chi connectivity index (χ1v) is 5.36. The van der Waals surface area contributed by atoms with Crippen LogP contribution in [0, 0.1) is 29.1 Å². The molecule has 3 unspecified atom stereocenters. The van der Waals surface area contributed by atoms with E-state index >= 15 is 0 Å². The molecule has 1 fully saturated rings. The van der Waals surface area contributed by atoms with Crippen molar-refractivity contribution in [1.82, 2.24) is 5.32 Å². The maximum atomic E-state index is 11.5. The lowest BCUT2D eigenvalue weighted by molar-refractivity contribution is -0.123. The zero-order valence-corrected chi connectivity index (χ0v) is 8.92. The van der Waals surface area contributed by atoms with E-state index in [0.29, 0.717) is 12.3 Å². The Morgan fingerprint density at radius 1 is 1.71 bits per heavy atom. The van der Waals surface area contributed by atoms with Crippen molar-refractivity contribution in [2.45, 2.75) is 33.1 Å². The molecule has 0 heterocycles. The molecule has 0 spiro atoms. The lowest BCUT2D eigenvalue weighted by Gasteiger charge is -2.08. The molecule has 1 amide bonds. The minimum Gasteiger partial charge on any atom is -0.355 e. The van der Waals surface area contributed by atoms with Crippen LogP contribution in [0.2, 0.25) is 0 Å². The lowest BCUT2D eigenvalue weighted by atomic mass is 10.1. The molecule has 1 rings (SSSR count). The van der Waals surface area contributed by atoms with Crippen LogP contribution in [0.3, 0.4) is 0 Å². The first kappa shape index (κ1) is 11.0. The van der Waals surface area contributed by atoms with Crippen LogP contribution in [0.1, 0.15) is 33.1 Å². The fraction of sp³-hybridized carbons (Fsp3) is 0.818. The van der Waals surface area contributed by atoms with E-state index in [1.54, 1.807) is 0 Å². The summed E-state index contributed by atoms with van der Waals surface area (Å²) in [4.78, 5) is 11.5. The van der Waals surface area contributed by atoms with Gasteiger partial charge in [-0.2, -0.15) is 5.26 Å². The molecular formula is C11H18N2O. The zero-order valence-electron chi connectivity index (χ0n) is 8.92. The fourth-order valence-electron chi connectivity index (χ4n) is 1.58. The minimum atomic E-state index is -0.450. The average Bonchev–Trinajstić information content (AvgIpc) is 2.87. The summed E-state index contributed by atoms with van der Waals surface area (Å²) in [7, 11) is 0. The monoisotopic (exact) mass is 194 g/mol. The fourth-order valence-corrected chi connectivity index (χ4v) is 1.58. The van der Waals surface area contributed by atoms with Gasteiger partial charge < -0.3 is 5.32 Å². The quantitative estimate of drug-likeness (QED) is 0.724. The molecular weight excluding hydrogens is 176 g/mol. The maximum Gasteiger partial charge on any atom is 0.237 e. The Labute approximate surface area is 85.5 Å². The second-order valence-electron chi connectivity index (χ2n) is 4.19. The van der Waals surface area contributed by atoms with Crippen LogP contribution < -0.4 is 5.32 Å². The van der Waals surface area contributed by atoms with E-state index in [-0.39, 0.29) is 5.91 Å². The molecule has 1 aliphatic carbocycles. The molecule has 0 aliphatic heterocycles. The van der Waals surface area contributed by atoms with Gasteiger partial charge in [0.05, 0.1) is 6.07 Å². The smallest absolute Gasteiger partial charge is 0.237 e. The molecule has 0 bridgehead atoms. The number of rotatable bonds is 5. The molecule has 14 heavy (non-hydrogen) atoms. The molecule has 0 aromatic rings. The van der Waals surface area contributed by atoms with E-state index in [1.807, 2.05) is 13.0 Å². The summed E-state index contributed by atoms with van der Waals surface area (Å²) in [6, 6.07) is 2.05. The standard InChI is InChI=1S/C11H18N2O/c1-3-4-9(6-12)11(14)13-7-10-5-8(10)2/h8-10H,3-5,7H2,1-2H3,(H,13,14). The Bertz CT molecular complexity index is 244. The van der Waals surface area contributed by atoms with Gasteiger partial charge in [-0.15, -0.1) is 0 Å². The molecule has 3 atom stereocenters. The van der Waals surface area contributed by atoms with Crippen LogP contribution in [0.15, 0.2) is 0 Å². The zero-order chi connectivity index (χ0) is 10.6. The molecule has 3 heteroatoms. The van der Waals surface area contributed by atoms with Crippen LogP contribution in [-0.4, -0.2) is 12.5 Å². The Hall–Kier alpha value is -1.04. The second-order valence-corrected chi connectivity index (χ2v) is 4.19. The summed E-state index contributed by atoms with van der Waals surface area (Å²) in [6.07, 6.45) is 2.76. The van der Waals surface area contributed by atoms with E-state index in [1.165, 1.54) is 6.42 Å². The van der Waals surface area contributed by atoms with Crippen LogP contribution in [0.25, 0.3) is 0 Å². The predicted octanol–water partition coefficient (Wildman–Crippen LogP) is 1.70. The third-order valence-corrected chi connectivity index (χ3v) is 2.86. The molecule has 1 aliphatic rings. The average molecular weight is 194 g/mol. The third kappa shape index (κ3) is 3.02. The van der Waals surface area contributed by atoms with Gasteiger partial charge in [-0.25, -0.2) is 0 Å². The van der Waals surface area contributed by atoms with Crippen molar-refractivity contribution in [1.29, 1.82) is 5.26 Å². The van der Waals surface area contributed by atoms with Gasteiger partial charge in [0, 0.05) is 6.54 Å². The number of amides is 1. The Morgan fingerprint density at radius 2 is 2.36 bits per heavy atom. The number of carbonyl (C=O) groups is 1. The van der Waals surface area contributed by atoms with Gasteiger partial charge in [-0.1, -0.05) is 20.3 Å². The van der Waals surface area contributed by atoms with E-state index in [4.69, 9.17) is 5.26 Å². The molecule has 0 aromatic carbocycles. The highest BCUT2D eigenvalue weighted by molar-refractivity contribution is 5.80. The first-order valence-electron chi connectivity index (χ1n) is 5.36. The van der Waals surface area contributed by atoms with Gasteiger partial charge in [0.2, 0.25) is 5.91 Å². The highest BCUT2D eigenvalue weighted by atomic mass is 16.1. The number of nitriles is 1. The highest BCUT2D eigenvalue weighted by Crippen LogP contribution is 2.36. The third-order valence-electron chi connectivity index (χ3n) is 2.86. The summed E-state index contributed by atoms with van der Waals surface area (Å²) in [5.74, 6) is 0.865. The highest BCUT2D eigenvalue weighted by Gasteiger charge is 2.32. The second kappa shape index (κ2) is 4.99. The van der Waals surface area contributed by atoms with E-state index in [2.05, 4.69) is 12.2 Å². The van der Waals surface area contributed by atoms with Crippen molar-refractivity contribution in [3.8, 4) is 6.07 Å². The summed E-state index contributed by atoms with van der Waals surface area (Å²) in [5, 5.41) is 11.6. The van der Waals surface area contributed by atoms with Crippen molar-refractivity contribution >= 4 is 5.91 Å². The van der Waals surface area contributed by atoms with Gasteiger partial charge in [0.25, 0.3) is 0 Å². The van der Waals surface area contributed by atoms with Crippen LogP contribution in [0.4, 0.5) is 0 Å². The van der Waals surface area contributed by atoms with Crippen molar-refractivity contribution in [2.24, 2.45) is 17.8 Å². The molecule has 3 nitrogen and oxygen atoms in total. The van der Waals surface area contributed by atoms with Crippen LogP contribution in [-0.2, 0) is 4.79 Å². The van der Waals surface area contributed by atoms with Crippen molar-refractivity contribution in [2.75, 3.05) is 6.54 Å². The normalized spacial score (nSPS) is 26.4. The van der Waals surface area contributed by atoms with E-state index in [9.17, 15) is 4.79 Å².